The molecule has 0 aromatic heterocycles. The fourth-order valence-electron chi connectivity index (χ4n) is 2.57. The molecule has 1 aromatic carbocycles. The first-order valence-electron chi connectivity index (χ1n) is 6.80. The number of piperazine rings is 1. The van der Waals surface area contributed by atoms with Crippen molar-refractivity contribution in [2.24, 2.45) is 0 Å². The number of nitrogens with zero attached hydrogens (tertiary/aromatic N) is 2. The second kappa shape index (κ2) is 5.65. The summed E-state index contributed by atoms with van der Waals surface area (Å²) >= 11 is 0. The molecular formula is C14H21N3O3S. The van der Waals surface area contributed by atoms with E-state index in [1.54, 1.807) is 45.0 Å². The van der Waals surface area contributed by atoms with Gasteiger partial charge in [-0.3, -0.25) is 4.79 Å². The highest BCUT2D eigenvalue weighted by atomic mass is 32.2. The van der Waals surface area contributed by atoms with Gasteiger partial charge in [0, 0.05) is 32.9 Å². The number of aryl methyl sites for hydroxylation is 2. The normalized spacial score (nSPS) is 17.1. The first kappa shape index (κ1) is 15.8. The molecule has 0 spiro atoms. The van der Waals surface area contributed by atoms with Crippen molar-refractivity contribution in [2.45, 2.75) is 18.7 Å². The molecule has 0 atom stereocenters. The Kier molecular flexibility index (Phi) is 4.25. The van der Waals surface area contributed by atoms with E-state index in [1.165, 1.54) is 4.31 Å². The summed E-state index contributed by atoms with van der Waals surface area (Å²) in [6.07, 6.45) is 0. The van der Waals surface area contributed by atoms with Crippen LogP contribution in [-0.4, -0.2) is 57.3 Å². The summed E-state index contributed by atoms with van der Waals surface area (Å²) in [5, 5.41) is 3.01. The van der Waals surface area contributed by atoms with Crippen LogP contribution in [0.15, 0.2) is 17.0 Å². The fourth-order valence-corrected chi connectivity index (χ4v) is 4.36. The van der Waals surface area contributed by atoms with Gasteiger partial charge in [-0.2, -0.15) is 4.31 Å². The highest BCUT2D eigenvalue weighted by molar-refractivity contribution is 7.89. The molecule has 116 valence electrons. The van der Waals surface area contributed by atoms with Gasteiger partial charge in [0.1, 0.15) is 0 Å². The summed E-state index contributed by atoms with van der Waals surface area (Å²) in [7, 11) is -0.168. The Labute approximate surface area is 125 Å². The molecule has 1 amide bonds. The van der Waals surface area contributed by atoms with Crippen molar-refractivity contribution in [3.8, 4) is 0 Å². The van der Waals surface area contributed by atoms with E-state index in [0.717, 1.165) is 5.69 Å². The van der Waals surface area contributed by atoms with Gasteiger partial charge in [-0.25, -0.2) is 8.42 Å². The Balaban J connectivity index is 2.43. The monoisotopic (exact) mass is 311 g/mol. The number of sulfonamides is 1. The van der Waals surface area contributed by atoms with E-state index in [0.29, 0.717) is 29.1 Å². The number of rotatable bonds is 3. The molecule has 1 aromatic rings. The van der Waals surface area contributed by atoms with E-state index < -0.39 is 10.0 Å². The number of hydrogen-bond donors (Lipinski definition) is 1. The van der Waals surface area contributed by atoms with Crippen LogP contribution in [0.3, 0.4) is 0 Å². The van der Waals surface area contributed by atoms with Crippen molar-refractivity contribution in [1.82, 2.24) is 9.21 Å². The zero-order valence-corrected chi connectivity index (χ0v) is 13.6. The van der Waals surface area contributed by atoms with E-state index in [1.807, 2.05) is 0 Å². The van der Waals surface area contributed by atoms with Gasteiger partial charge in [-0.15, -0.1) is 0 Å². The molecule has 0 aliphatic carbocycles. The highest BCUT2D eigenvalue weighted by Crippen LogP contribution is 2.27. The number of nitrogens with one attached hydrogen (secondary N) is 1. The lowest BCUT2D eigenvalue weighted by molar-refractivity contribution is -0.132. The maximum Gasteiger partial charge on any atom is 0.244 e. The highest BCUT2D eigenvalue weighted by Gasteiger charge is 2.33. The Bertz CT molecular complexity index is 647. The number of carbonyl (C=O) groups excluding carboxylic acids is 1. The first-order chi connectivity index (χ1) is 9.77. The molecule has 1 fully saturated rings. The molecule has 1 saturated heterocycles. The minimum atomic E-state index is -3.65. The van der Waals surface area contributed by atoms with Crippen LogP contribution in [0.25, 0.3) is 0 Å². The second-order valence-corrected chi connectivity index (χ2v) is 7.22. The minimum Gasteiger partial charge on any atom is -0.388 e. The summed E-state index contributed by atoms with van der Waals surface area (Å²) in [6.45, 7) is 4.21. The van der Waals surface area contributed by atoms with Gasteiger partial charge < -0.3 is 10.2 Å². The fraction of sp³-hybridized carbons (Fsp3) is 0.500. The first-order valence-corrected chi connectivity index (χ1v) is 8.24. The van der Waals surface area contributed by atoms with Gasteiger partial charge in [0.2, 0.25) is 15.9 Å². The summed E-state index contributed by atoms with van der Waals surface area (Å²) in [5.74, 6) is -0.174. The molecule has 1 N–H and O–H groups in total. The zero-order chi connectivity index (χ0) is 15.8. The van der Waals surface area contributed by atoms with Crippen LogP contribution in [0.2, 0.25) is 0 Å². The third kappa shape index (κ3) is 2.89. The van der Waals surface area contributed by atoms with Crippen molar-refractivity contribution < 1.29 is 13.2 Å². The average molecular weight is 311 g/mol. The zero-order valence-electron chi connectivity index (χ0n) is 12.8. The van der Waals surface area contributed by atoms with Crippen molar-refractivity contribution in [1.29, 1.82) is 0 Å². The summed E-state index contributed by atoms with van der Waals surface area (Å²) in [4.78, 5) is 13.6. The third-order valence-corrected chi connectivity index (χ3v) is 5.92. The van der Waals surface area contributed by atoms with Gasteiger partial charge in [-0.1, -0.05) is 0 Å². The lowest BCUT2D eigenvalue weighted by Crippen LogP contribution is -2.50. The lowest BCUT2D eigenvalue weighted by Gasteiger charge is -2.32. The number of carbonyl (C=O) groups is 1. The van der Waals surface area contributed by atoms with Crippen LogP contribution >= 0.6 is 0 Å². The molecule has 0 saturated carbocycles. The van der Waals surface area contributed by atoms with E-state index in [4.69, 9.17) is 0 Å². The molecule has 6 nitrogen and oxygen atoms in total. The Morgan fingerprint density at radius 2 is 1.71 bits per heavy atom. The third-order valence-electron chi connectivity index (χ3n) is 3.77. The molecule has 1 heterocycles. The minimum absolute atomic E-state index is 0.0918. The predicted octanol–water partition coefficient (Wildman–Crippen LogP) is 0.808. The molecule has 0 bridgehead atoms. The van der Waals surface area contributed by atoms with Crippen molar-refractivity contribution in [2.75, 3.05) is 39.0 Å². The number of likely N-dealkylation sites (N-methyl/N-ethyl adjacent to an activating group) is 1. The van der Waals surface area contributed by atoms with Crippen LogP contribution < -0.4 is 5.32 Å². The van der Waals surface area contributed by atoms with Crippen LogP contribution in [-0.2, 0) is 14.8 Å². The van der Waals surface area contributed by atoms with E-state index in [-0.39, 0.29) is 12.5 Å². The maximum absolute atomic E-state index is 12.8. The van der Waals surface area contributed by atoms with E-state index in [2.05, 4.69) is 5.32 Å². The topological polar surface area (TPSA) is 69.7 Å². The molecule has 0 radical (unpaired) electrons. The Hall–Kier alpha value is -1.60. The van der Waals surface area contributed by atoms with Gasteiger partial charge in [0.15, 0.2) is 0 Å². The summed E-state index contributed by atoms with van der Waals surface area (Å²) in [6, 6.07) is 3.61. The summed E-state index contributed by atoms with van der Waals surface area (Å²) < 4.78 is 26.9. The number of hydrogen-bond acceptors (Lipinski definition) is 4. The van der Waals surface area contributed by atoms with Gasteiger partial charge >= 0.3 is 0 Å². The molecule has 1 aliphatic heterocycles. The van der Waals surface area contributed by atoms with Crippen LogP contribution in [0.1, 0.15) is 11.1 Å². The van der Waals surface area contributed by atoms with Gasteiger partial charge in [0.05, 0.1) is 11.4 Å². The standard InChI is InChI=1S/C14H21N3O3S/c1-10-7-12(15-3)8-11(2)14(10)21(19,20)17-6-5-16(4)13(18)9-17/h7-8,15H,5-6,9H2,1-4H3. The van der Waals surface area contributed by atoms with Crippen LogP contribution in [0.5, 0.6) is 0 Å². The SMILES string of the molecule is CNc1cc(C)c(S(=O)(=O)N2CCN(C)C(=O)C2)c(C)c1. The van der Waals surface area contributed by atoms with Crippen LogP contribution in [0.4, 0.5) is 5.69 Å². The molecular weight excluding hydrogens is 290 g/mol. The molecule has 7 heteroatoms. The van der Waals surface area contributed by atoms with E-state index >= 15 is 0 Å². The summed E-state index contributed by atoms with van der Waals surface area (Å²) in [5.41, 5.74) is 2.25. The number of anilines is 1. The number of amides is 1. The largest absolute Gasteiger partial charge is 0.388 e. The van der Waals surface area contributed by atoms with Crippen molar-refractivity contribution >= 4 is 21.6 Å². The van der Waals surface area contributed by atoms with Crippen LogP contribution in [0, 0.1) is 13.8 Å². The van der Waals surface area contributed by atoms with Crippen molar-refractivity contribution in [3.05, 3.63) is 23.3 Å². The lowest BCUT2D eigenvalue weighted by atomic mass is 10.1. The molecule has 0 unspecified atom stereocenters. The van der Waals surface area contributed by atoms with Crippen molar-refractivity contribution in [3.63, 3.8) is 0 Å². The smallest absolute Gasteiger partial charge is 0.244 e. The van der Waals surface area contributed by atoms with Gasteiger partial charge in [0.25, 0.3) is 0 Å². The van der Waals surface area contributed by atoms with Gasteiger partial charge in [-0.05, 0) is 37.1 Å². The second-order valence-electron chi connectivity index (χ2n) is 5.34. The maximum atomic E-state index is 12.8. The average Bonchev–Trinajstić information content (AvgIpc) is 2.40. The molecule has 2 rings (SSSR count). The Morgan fingerprint density at radius 1 is 1.14 bits per heavy atom. The molecule has 21 heavy (non-hydrogen) atoms. The molecule has 1 aliphatic rings. The number of benzene rings is 1. The predicted molar refractivity (Wildman–Crippen MR) is 81.9 cm³/mol. The Morgan fingerprint density at radius 3 is 2.19 bits per heavy atom. The quantitative estimate of drug-likeness (QED) is 0.897. The van der Waals surface area contributed by atoms with E-state index in [9.17, 15) is 13.2 Å².